The number of rotatable bonds is 4. The predicted octanol–water partition coefficient (Wildman–Crippen LogP) is 1.63. The smallest absolute Gasteiger partial charge is 0.241 e. The molecule has 2 amide bonds. The van der Waals surface area contributed by atoms with E-state index in [2.05, 4.69) is 17.0 Å². The zero-order valence-corrected chi connectivity index (χ0v) is 16.7. The van der Waals surface area contributed by atoms with Crippen LogP contribution in [0, 0.1) is 5.92 Å². The first kappa shape index (κ1) is 19.4. The number of amides is 2. The lowest BCUT2D eigenvalue weighted by atomic mass is 9.99. The van der Waals surface area contributed by atoms with Gasteiger partial charge in [-0.15, -0.1) is 0 Å². The molecule has 2 heterocycles. The number of nitrogens with two attached hydrogens (primary N) is 1. The average Bonchev–Trinajstić information content (AvgIpc) is 3.12. The molecule has 0 spiro atoms. The van der Waals surface area contributed by atoms with Gasteiger partial charge in [0.25, 0.3) is 0 Å². The molecule has 3 aliphatic rings. The molecule has 2 N–H and O–H groups in total. The normalized spacial score (nSPS) is 25.6. The van der Waals surface area contributed by atoms with Gasteiger partial charge in [0.1, 0.15) is 0 Å². The second kappa shape index (κ2) is 8.62. The Bertz CT molecular complexity index is 714. The minimum Gasteiger partial charge on any atom is -0.340 e. The van der Waals surface area contributed by atoms with Crippen molar-refractivity contribution in [2.45, 2.75) is 44.6 Å². The quantitative estimate of drug-likeness (QED) is 0.857. The highest BCUT2D eigenvalue weighted by molar-refractivity contribution is 5.96. The van der Waals surface area contributed by atoms with Crippen LogP contribution >= 0.6 is 0 Å². The molecule has 1 aromatic carbocycles. The molecule has 1 aromatic rings. The molecular formula is C22H32N4O2. The fraction of sp³-hybridized carbons (Fsp3) is 0.636. The number of hydrogen-bond acceptors (Lipinski definition) is 4. The summed E-state index contributed by atoms with van der Waals surface area (Å²) in [5.74, 6) is 0.758. The van der Waals surface area contributed by atoms with Gasteiger partial charge in [0.15, 0.2) is 0 Å². The topological polar surface area (TPSA) is 69.9 Å². The van der Waals surface area contributed by atoms with Crippen LogP contribution in [0.5, 0.6) is 0 Å². The van der Waals surface area contributed by atoms with Gasteiger partial charge < -0.3 is 15.5 Å². The van der Waals surface area contributed by atoms with E-state index in [0.29, 0.717) is 32.0 Å². The molecule has 2 aliphatic heterocycles. The molecule has 0 bridgehead atoms. The number of carbonyl (C=O) groups excluding carboxylic acids is 2. The zero-order valence-electron chi connectivity index (χ0n) is 16.7. The van der Waals surface area contributed by atoms with Gasteiger partial charge in [-0.1, -0.05) is 24.6 Å². The van der Waals surface area contributed by atoms with E-state index < -0.39 is 0 Å². The first-order chi connectivity index (χ1) is 13.6. The molecule has 152 valence electrons. The van der Waals surface area contributed by atoms with E-state index in [9.17, 15) is 9.59 Å². The zero-order chi connectivity index (χ0) is 19.5. The van der Waals surface area contributed by atoms with Crippen molar-refractivity contribution in [1.29, 1.82) is 0 Å². The maximum atomic E-state index is 12.9. The number of aryl methyl sites for hydroxylation is 1. The van der Waals surface area contributed by atoms with Crippen molar-refractivity contribution in [2.24, 2.45) is 11.7 Å². The number of carbonyl (C=O) groups is 2. The Balaban J connectivity index is 1.27. The van der Waals surface area contributed by atoms with Crippen molar-refractivity contribution in [1.82, 2.24) is 9.80 Å². The van der Waals surface area contributed by atoms with Gasteiger partial charge in [-0.25, -0.2) is 0 Å². The number of nitrogens with zero attached hydrogens (tertiary/aromatic N) is 3. The summed E-state index contributed by atoms with van der Waals surface area (Å²) in [5.41, 5.74) is 8.45. The van der Waals surface area contributed by atoms with E-state index in [4.69, 9.17) is 5.73 Å². The van der Waals surface area contributed by atoms with Gasteiger partial charge in [-0.05, 0) is 43.2 Å². The first-order valence-corrected chi connectivity index (χ1v) is 10.8. The standard InChI is InChI=1S/C22H32N4O2/c23-19-8-3-6-18(19)15-21(27)25-13-11-24(12-14-25)16-22(28)26-10-4-7-17-5-1-2-9-20(17)26/h1-2,5,9,18-19H,3-4,6-8,10-16,23H2/t18-,19+/m0/s1. The summed E-state index contributed by atoms with van der Waals surface area (Å²) < 4.78 is 0. The third-order valence-corrected chi connectivity index (χ3v) is 6.65. The molecule has 2 atom stereocenters. The highest BCUT2D eigenvalue weighted by atomic mass is 16.2. The van der Waals surface area contributed by atoms with Gasteiger partial charge in [-0.2, -0.15) is 0 Å². The molecule has 0 radical (unpaired) electrons. The molecular weight excluding hydrogens is 352 g/mol. The van der Waals surface area contributed by atoms with E-state index in [1.165, 1.54) is 5.56 Å². The third-order valence-electron chi connectivity index (χ3n) is 6.65. The second-order valence-corrected chi connectivity index (χ2v) is 8.49. The Morgan fingerprint density at radius 3 is 2.50 bits per heavy atom. The maximum Gasteiger partial charge on any atom is 0.241 e. The molecule has 1 aliphatic carbocycles. The van der Waals surface area contributed by atoms with Crippen LogP contribution < -0.4 is 10.6 Å². The summed E-state index contributed by atoms with van der Waals surface area (Å²) >= 11 is 0. The molecule has 1 saturated heterocycles. The van der Waals surface area contributed by atoms with Crippen molar-refractivity contribution in [3.8, 4) is 0 Å². The number of piperazine rings is 1. The lowest BCUT2D eigenvalue weighted by Crippen LogP contribution is -2.52. The minimum atomic E-state index is 0.170. The fourth-order valence-electron chi connectivity index (χ4n) is 4.90. The van der Waals surface area contributed by atoms with Crippen LogP contribution in [0.2, 0.25) is 0 Å². The van der Waals surface area contributed by atoms with Crippen LogP contribution in [0.1, 0.15) is 37.7 Å². The highest BCUT2D eigenvalue weighted by Gasteiger charge is 2.30. The summed E-state index contributed by atoms with van der Waals surface area (Å²) in [7, 11) is 0. The Morgan fingerprint density at radius 1 is 0.964 bits per heavy atom. The van der Waals surface area contributed by atoms with Crippen molar-refractivity contribution in [3.05, 3.63) is 29.8 Å². The monoisotopic (exact) mass is 384 g/mol. The van der Waals surface area contributed by atoms with Gasteiger partial charge in [0, 0.05) is 50.9 Å². The summed E-state index contributed by atoms with van der Waals surface area (Å²) in [4.78, 5) is 31.6. The van der Waals surface area contributed by atoms with Crippen molar-refractivity contribution in [2.75, 3.05) is 44.2 Å². The number of hydrogen-bond donors (Lipinski definition) is 1. The summed E-state index contributed by atoms with van der Waals surface area (Å²) in [6, 6.07) is 8.41. The van der Waals surface area contributed by atoms with E-state index in [0.717, 1.165) is 57.4 Å². The molecule has 4 rings (SSSR count). The predicted molar refractivity (Wildman–Crippen MR) is 110 cm³/mol. The van der Waals surface area contributed by atoms with Crippen LogP contribution in [0.25, 0.3) is 0 Å². The second-order valence-electron chi connectivity index (χ2n) is 8.49. The van der Waals surface area contributed by atoms with Crippen LogP contribution in [-0.2, 0) is 16.0 Å². The van der Waals surface area contributed by atoms with Crippen LogP contribution in [0.4, 0.5) is 5.69 Å². The van der Waals surface area contributed by atoms with E-state index in [1.807, 2.05) is 21.9 Å². The number of benzene rings is 1. The van der Waals surface area contributed by atoms with Gasteiger partial charge in [-0.3, -0.25) is 14.5 Å². The van der Waals surface area contributed by atoms with E-state index in [-0.39, 0.29) is 17.9 Å². The van der Waals surface area contributed by atoms with Crippen molar-refractivity contribution < 1.29 is 9.59 Å². The Morgan fingerprint density at radius 2 is 1.75 bits per heavy atom. The van der Waals surface area contributed by atoms with Crippen molar-refractivity contribution >= 4 is 17.5 Å². The largest absolute Gasteiger partial charge is 0.340 e. The molecule has 6 nitrogen and oxygen atoms in total. The molecule has 0 aromatic heterocycles. The third kappa shape index (κ3) is 4.23. The van der Waals surface area contributed by atoms with Crippen molar-refractivity contribution in [3.63, 3.8) is 0 Å². The highest BCUT2D eigenvalue weighted by Crippen LogP contribution is 2.28. The number of anilines is 1. The number of fused-ring (bicyclic) bond motifs is 1. The van der Waals surface area contributed by atoms with Gasteiger partial charge >= 0.3 is 0 Å². The van der Waals surface area contributed by atoms with Gasteiger partial charge in [0.2, 0.25) is 11.8 Å². The van der Waals surface area contributed by atoms with E-state index in [1.54, 1.807) is 0 Å². The van der Waals surface area contributed by atoms with E-state index >= 15 is 0 Å². The Kier molecular flexibility index (Phi) is 5.97. The van der Waals surface area contributed by atoms with Crippen LogP contribution in [0.3, 0.4) is 0 Å². The Labute approximate surface area is 167 Å². The first-order valence-electron chi connectivity index (χ1n) is 10.8. The summed E-state index contributed by atoms with van der Waals surface area (Å²) in [5, 5.41) is 0. The maximum absolute atomic E-state index is 12.9. The molecule has 2 fully saturated rings. The van der Waals surface area contributed by atoms with Crippen LogP contribution in [0.15, 0.2) is 24.3 Å². The number of para-hydroxylation sites is 1. The van der Waals surface area contributed by atoms with Crippen LogP contribution in [-0.4, -0.2) is 66.9 Å². The molecule has 1 saturated carbocycles. The minimum absolute atomic E-state index is 0.170. The van der Waals surface area contributed by atoms with Gasteiger partial charge in [0.05, 0.1) is 6.54 Å². The lowest BCUT2D eigenvalue weighted by Gasteiger charge is -2.37. The molecule has 6 heteroatoms. The lowest BCUT2D eigenvalue weighted by molar-refractivity contribution is -0.134. The summed E-state index contributed by atoms with van der Waals surface area (Å²) in [6.07, 6.45) is 5.94. The fourth-order valence-corrected chi connectivity index (χ4v) is 4.90. The Hall–Kier alpha value is -1.92. The summed E-state index contributed by atoms with van der Waals surface area (Å²) in [6.45, 7) is 4.20. The average molecular weight is 385 g/mol. The molecule has 0 unspecified atom stereocenters. The molecule has 28 heavy (non-hydrogen) atoms. The SMILES string of the molecule is N[C@@H]1CCC[C@H]1CC(=O)N1CCN(CC(=O)N2CCCc3ccccc32)CC1.